The number of nitrogens with zero attached hydrogens (tertiary/aromatic N) is 4. The van der Waals surface area contributed by atoms with E-state index in [9.17, 15) is 9.18 Å². The fourth-order valence-electron chi connectivity index (χ4n) is 4.16. The minimum atomic E-state index is -1.09. The number of nitriles is 1. The average molecular weight is 381 g/mol. The van der Waals surface area contributed by atoms with Crippen molar-refractivity contribution in [2.24, 2.45) is 0 Å². The van der Waals surface area contributed by atoms with Crippen LogP contribution in [0.3, 0.4) is 0 Å². The van der Waals surface area contributed by atoms with E-state index in [1.807, 2.05) is 31.3 Å². The zero-order valence-electron chi connectivity index (χ0n) is 15.9. The van der Waals surface area contributed by atoms with Crippen LogP contribution in [-0.2, 0) is 4.79 Å². The molecule has 7 heteroatoms. The van der Waals surface area contributed by atoms with E-state index in [1.54, 1.807) is 0 Å². The SMILES string of the molecule is Cc1cnc2cccc(N[C@@H]3CCN(CC(=O)N4C[C@@H](F)C[C@H]4C#N)C3)c2c1. The third kappa shape index (κ3) is 3.78. The lowest BCUT2D eigenvalue weighted by Gasteiger charge is -2.23. The number of fused-ring (bicyclic) bond motifs is 1. The van der Waals surface area contributed by atoms with E-state index < -0.39 is 12.2 Å². The molecule has 0 unspecified atom stereocenters. The number of rotatable bonds is 4. The maximum atomic E-state index is 13.6. The Morgan fingerprint density at radius 1 is 1.43 bits per heavy atom. The number of pyridine rings is 1. The number of halogens is 1. The molecule has 3 heterocycles. The van der Waals surface area contributed by atoms with E-state index in [1.165, 1.54) is 4.90 Å². The van der Waals surface area contributed by atoms with Gasteiger partial charge in [0.2, 0.25) is 5.91 Å². The second-order valence-corrected chi connectivity index (χ2v) is 7.77. The quantitative estimate of drug-likeness (QED) is 0.881. The van der Waals surface area contributed by atoms with Crippen molar-refractivity contribution in [2.75, 3.05) is 31.5 Å². The lowest BCUT2D eigenvalue weighted by molar-refractivity contribution is -0.132. The average Bonchev–Trinajstić information content (AvgIpc) is 3.28. The van der Waals surface area contributed by atoms with Gasteiger partial charge in [0, 0.05) is 42.8 Å². The van der Waals surface area contributed by atoms with Crippen molar-refractivity contribution >= 4 is 22.5 Å². The van der Waals surface area contributed by atoms with E-state index in [2.05, 4.69) is 27.3 Å². The molecule has 146 valence electrons. The van der Waals surface area contributed by atoms with Gasteiger partial charge in [0.05, 0.1) is 24.7 Å². The number of hydrogen-bond donors (Lipinski definition) is 1. The van der Waals surface area contributed by atoms with Gasteiger partial charge in [-0.3, -0.25) is 14.7 Å². The third-order valence-electron chi connectivity index (χ3n) is 5.57. The van der Waals surface area contributed by atoms with Gasteiger partial charge < -0.3 is 10.2 Å². The van der Waals surface area contributed by atoms with Crippen LogP contribution in [0.15, 0.2) is 30.5 Å². The summed E-state index contributed by atoms with van der Waals surface area (Å²) in [4.78, 5) is 20.5. The smallest absolute Gasteiger partial charge is 0.237 e. The molecule has 2 aliphatic heterocycles. The van der Waals surface area contributed by atoms with E-state index in [-0.39, 0.29) is 31.5 Å². The fourth-order valence-corrected chi connectivity index (χ4v) is 4.16. The molecule has 0 radical (unpaired) electrons. The highest BCUT2D eigenvalue weighted by molar-refractivity contribution is 5.91. The van der Waals surface area contributed by atoms with Gasteiger partial charge in [0.25, 0.3) is 0 Å². The van der Waals surface area contributed by atoms with Gasteiger partial charge in [-0.15, -0.1) is 0 Å². The molecule has 1 amide bonds. The van der Waals surface area contributed by atoms with Crippen LogP contribution in [0.4, 0.5) is 10.1 Å². The Kier molecular flexibility index (Phi) is 5.14. The van der Waals surface area contributed by atoms with Gasteiger partial charge in [-0.05, 0) is 37.1 Å². The Hall–Kier alpha value is -2.72. The van der Waals surface area contributed by atoms with Crippen molar-refractivity contribution in [2.45, 2.75) is 38.0 Å². The van der Waals surface area contributed by atoms with Crippen LogP contribution in [-0.4, -0.2) is 65.1 Å². The molecule has 0 bridgehead atoms. The lowest BCUT2D eigenvalue weighted by atomic mass is 10.1. The lowest BCUT2D eigenvalue weighted by Crippen LogP contribution is -2.42. The number of aromatic nitrogens is 1. The topological polar surface area (TPSA) is 72.3 Å². The van der Waals surface area contributed by atoms with E-state index >= 15 is 0 Å². The normalized spacial score (nSPS) is 25.2. The number of benzene rings is 1. The first-order chi connectivity index (χ1) is 13.5. The Labute approximate surface area is 163 Å². The number of aryl methyl sites for hydroxylation is 1. The third-order valence-corrected chi connectivity index (χ3v) is 5.57. The number of carbonyl (C=O) groups excluding carboxylic acids is 1. The Balaban J connectivity index is 1.38. The largest absolute Gasteiger partial charge is 0.380 e. The zero-order chi connectivity index (χ0) is 19.7. The van der Waals surface area contributed by atoms with Crippen molar-refractivity contribution < 1.29 is 9.18 Å². The summed E-state index contributed by atoms with van der Waals surface area (Å²) in [6.45, 7) is 3.84. The van der Waals surface area contributed by atoms with Crippen LogP contribution in [0.2, 0.25) is 0 Å². The first kappa shape index (κ1) is 18.6. The molecule has 1 aromatic heterocycles. The number of alkyl halides is 1. The van der Waals surface area contributed by atoms with E-state index in [0.717, 1.165) is 41.7 Å². The molecule has 2 aromatic rings. The molecule has 2 fully saturated rings. The zero-order valence-corrected chi connectivity index (χ0v) is 15.9. The standard InChI is InChI=1S/C21H24FN5O/c1-14-7-18-19(24-10-14)3-2-4-20(18)25-16-5-6-26(12-16)13-21(28)27-11-15(22)8-17(27)9-23/h2-4,7,10,15-17,25H,5-6,8,11-13H2,1H3/t15-,16+,17-/m0/s1. The first-order valence-electron chi connectivity index (χ1n) is 9.71. The first-order valence-corrected chi connectivity index (χ1v) is 9.71. The van der Waals surface area contributed by atoms with Crippen LogP contribution in [0.5, 0.6) is 0 Å². The molecule has 28 heavy (non-hydrogen) atoms. The number of likely N-dealkylation sites (tertiary alicyclic amines) is 2. The summed E-state index contributed by atoms with van der Waals surface area (Å²) in [5, 5.41) is 13.8. The number of anilines is 1. The van der Waals surface area contributed by atoms with Crippen molar-refractivity contribution in [1.29, 1.82) is 5.26 Å². The fraction of sp³-hybridized carbons (Fsp3) is 0.476. The highest BCUT2D eigenvalue weighted by atomic mass is 19.1. The summed E-state index contributed by atoms with van der Waals surface area (Å²) in [7, 11) is 0. The highest BCUT2D eigenvalue weighted by Crippen LogP contribution is 2.26. The predicted octanol–water partition coefficient (Wildman–Crippen LogP) is 2.49. The summed E-state index contributed by atoms with van der Waals surface area (Å²) in [6, 6.07) is 9.82. The van der Waals surface area contributed by atoms with Crippen LogP contribution < -0.4 is 5.32 Å². The van der Waals surface area contributed by atoms with Gasteiger partial charge in [-0.25, -0.2) is 4.39 Å². The van der Waals surface area contributed by atoms with Crippen LogP contribution in [0.25, 0.3) is 10.9 Å². The molecular formula is C21H24FN5O. The van der Waals surface area contributed by atoms with Crippen LogP contribution in [0, 0.1) is 18.3 Å². The number of amides is 1. The van der Waals surface area contributed by atoms with Gasteiger partial charge in [0.15, 0.2) is 0 Å². The molecule has 0 saturated carbocycles. The van der Waals surface area contributed by atoms with Crippen molar-refractivity contribution in [3.05, 3.63) is 36.0 Å². The number of hydrogen-bond acceptors (Lipinski definition) is 5. The van der Waals surface area contributed by atoms with E-state index in [0.29, 0.717) is 0 Å². The number of carbonyl (C=O) groups is 1. The molecule has 6 nitrogen and oxygen atoms in total. The summed E-state index contributed by atoms with van der Waals surface area (Å²) in [5.74, 6) is -0.155. The summed E-state index contributed by atoms with van der Waals surface area (Å²) >= 11 is 0. The summed E-state index contributed by atoms with van der Waals surface area (Å²) in [6.07, 6.45) is 1.83. The van der Waals surface area contributed by atoms with Gasteiger partial charge in [-0.1, -0.05) is 6.07 Å². The number of nitrogens with one attached hydrogen (secondary N) is 1. The molecule has 3 atom stereocenters. The van der Waals surface area contributed by atoms with E-state index in [4.69, 9.17) is 5.26 Å². The molecule has 2 saturated heterocycles. The van der Waals surface area contributed by atoms with Gasteiger partial charge in [0.1, 0.15) is 12.2 Å². The van der Waals surface area contributed by atoms with Gasteiger partial charge in [-0.2, -0.15) is 5.26 Å². The Bertz CT molecular complexity index is 927. The van der Waals surface area contributed by atoms with Crippen molar-refractivity contribution in [3.8, 4) is 6.07 Å². The van der Waals surface area contributed by atoms with Crippen LogP contribution in [0.1, 0.15) is 18.4 Å². The van der Waals surface area contributed by atoms with Crippen LogP contribution >= 0.6 is 0 Å². The molecule has 1 N–H and O–H groups in total. The Morgan fingerprint density at radius 2 is 2.29 bits per heavy atom. The molecule has 4 rings (SSSR count). The Morgan fingerprint density at radius 3 is 3.11 bits per heavy atom. The maximum Gasteiger partial charge on any atom is 0.237 e. The second-order valence-electron chi connectivity index (χ2n) is 7.77. The summed E-state index contributed by atoms with van der Waals surface area (Å²) in [5.41, 5.74) is 3.12. The predicted molar refractivity (Wildman–Crippen MR) is 106 cm³/mol. The second kappa shape index (κ2) is 7.72. The summed E-state index contributed by atoms with van der Waals surface area (Å²) < 4.78 is 13.6. The van der Waals surface area contributed by atoms with Crippen molar-refractivity contribution in [1.82, 2.24) is 14.8 Å². The maximum absolute atomic E-state index is 13.6. The van der Waals surface area contributed by atoms with Crippen molar-refractivity contribution in [3.63, 3.8) is 0 Å². The minimum absolute atomic E-state index is 0.0366. The van der Waals surface area contributed by atoms with Gasteiger partial charge >= 0.3 is 0 Å². The minimum Gasteiger partial charge on any atom is -0.380 e. The monoisotopic (exact) mass is 381 g/mol. The molecule has 0 aliphatic carbocycles. The molecular weight excluding hydrogens is 357 g/mol. The molecule has 2 aliphatic rings. The molecule has 1 aromatic carbocycles. The highest BCUT2D eigenvalue weighted by Gasteiger charge is 2.36. The molecule has 0 spiro atoms.